The van der Waals surface area contributed by atoms with Gasteiger partial charge in [-0.15, -0.1) is 24.0 Å². The molecule has 1 aromatic rings. The number of carbonyl (C=O) groups is 2. The number of rotatable bonds is 5. The fourth-order valence-electron chi connectivity index (χ4n) is 3.02. The predicted molar refractivity (Wildman–Crippen MR) is 125 cm³/mol. The number of amides is 2. The van der Waals surface area contributed by atoms with Crippen molar-refractivity contribution in [3.63, 3.8) is 0 Å². The number of hydrogen-bond acceptors (Lipinski definition) is 4. The lowest BCUT2D eigenvalue weighted by Crippen LogP contribution is -2.49. The number of ether oxygens (including phenoxy) is 1. The number of nitrogens with zero attached hydrogens (tertiary/aromatic N) is 3. The van der Waals surface area contributed by atoms with Gasteiger partial charge in [0.05, 0.1) is 6.61 Å². The van der Waals surface area contributed by atoms with Crippen LogP contribution in [0.2, 0.25) is 0 Å². The maximum absolute atomic E-state index is 11.9. The van der Waals surface area contributed by atoms with E-state index in [1.807, 2.05) is 31.2 Å². The van der Waals surface area contributed by atoms with Crippen LogP contribution in [0.5, 0.6) is 0 Å². The van der Waals surface area contributed by atoms with Crippen molar-refractivity contribution < 1.29 is 14.3 Å². The van der Waals surface area contributed by atoms with E-state index in [1.54, 1.807) is 30.9 Å². The zero-order valence-electron chi connectivity index (χ0n) is 17.6. The average molecular weight is 517 g/mol. The quantitative estimate of drug-likeness (QED) is 0.356. The topological polar surface area (TPSA) is 86.3 Å². The maximum Gasteiger partial charge on any atom is 0.409 e. The van der Waals surface area contributed by atoms with Gasteiger partial charge in [-0.2, -0.15) is 0 Å². The number of halogens is 1. The Balaban J connectivity index is 0.00000420. The first-order valence-corrected chi connectivity index (χ1v) is 9.64. The van der Waals surface area contributed by atoms with Gasteiger partial charge in [-0.3, -0.25) is 9.79 Å². The number of benzene rings is 1. The van der Waals surface area contributed by atoms with Crippen molar-refractivity contribution in [2.75, 3.05) is 40.8 Å². The summed E-state index contributed by atoms with van der Waals surface area (Å²) >= 11 is 0. The summed E-state index contributed by atoms with van der Waals surface area (Å²) < 4.78 is 5.05. The van der Waals surface area contributed by atoms with Crippen LogP contribution in [0.4, 0.5) is 4.79 Å². The summed E-state index contributed by atoms with van der Waals surface area (Å²) in [7, 11) is 5.22. The number of likely N-dealkylation sites (tertiary alicyclic amines) is 1. The molecule has 29 heavy (non-hydrogen) atoms. The van der Waals surface area contributed by atoms with Gasteiger partial charge in [0.25, 0.3) is 5.91 Å². The van der Waals surface area contributed by atoms with E-state index in [1.165, 1.54) is 0 Å². The number of guanidine groups is 1. The van der Waals surface area contributed by atoms with Gasteiger partial charge >= 0.3 is 6.09 Å². The molecule has 0 saturated carbocycles. The number of nitrogens with one attached hydrogen (secondary N) is 2. The molecule has 0 atom stereocenters. The molecule has 0 aliphatic carbocycles. The molecule has 0 aromatic heterocycles. The van der Waals surface area contributed by atoms with E-state index in [2.05, 4.69) is 15.6 Å². The van der Waals surface area contributed by atoms with Crippen molar-refractivity contribution in [2.24, 2.45) is 4.99 Å². The van der Waals surface area contributed by atoms with Gasteiger partial charge in [0.1, 0.15) is 0 Å². The molecule has 1 saturated heterocycles. The maximum atomic E-state index is 11.9. The summed E-state index contributed by atoms with van der Waals surface area (Å²) in [6, 6.07) is 7.81. The van der Waals surface area contributed by atoms with Gasteiger partial charge < -0.3 is 25.2 Å². The van der Waals surface area contributed by atoms with E-state index in [9.17, 15) is 9.59 Å². The van der Waals surface area contributed by atoms with Crippen LogP contribution < -0.4 is 10.6 Å². The van der Waals surface area contributed by atoms with Gasteiger partial charge in [-0.1, -0.05) is 12.1 Å². The van der Waals surface area contributed by atoms with Crippen molar-refractivity contribution in [3.05, 3.63) is 35.4 Å². The van der Waals surface area contributed by atoms with Gasteiger partial charge in [0.15, 0.2) is 5.96 Å². The van der Waals surface area contributed by atoms with E-state index >= 15 is 0 Å². The zero-order valence-corrected chi connectivity index (χ0v) is 19.9. The van der Waals surface area contributed by atoms with Crippen LogP contribution in [0.3, 0.4) is 0 Å². The second-order valence-electron chi connectivity index (χ2n) is 6.93. The lowest BCUT2D eigenvalue weighted by atomic mass is 10.1. The molecular formula is C20H32IN5O3. The highest BCUT2D eigenvalue weighted by Gasteiger charge is 2.24. The van der Waals surface area contributed by atoms with Gasteiger partial charge in [0, 0.05) is 52.4 Å². The van der Waals surface area contributed by atoms with Crippen molar-refractivity contribution >= 4 is 41.9 Å². The third-order valence-corrected chi connectivity index (χ3v) is 4.65. The van der Waals surface area contributed by atoms with Crippen LogP contribution in [0.25, 0.3) is 0 Å². The van der Waals surface area contributed by atoms with Crippen molar-refractivity contribution in [2.45, 2.75) is 32.4 Å². The largest absolute Gasteiger partial charge is 0.450 e. The highest BCUT2D eigenvalue weighted by molar-refractivity contribution is 14.0. The fourth-order valence-corrected chi connectivity index (χ4v) is 3.02. The van der Waals surface area contributed by atoms with Gasteiger partial charge in [-0.05, 0) is 37.5 Å². The summed E-state index contributed by atoms with van der Waals surface area (Å²) in [6.07, 6.45) is 1.46. The highest BCUT2D eigenvalue weighted by Crippen LogP contribution is 2.11. The lowest BCUT2D eigenvalue weighted by molar-refractivity contribution is 0.0827. The lowest BCUT2D eigenvalue weighted by Gasteiger charge is -2.32. The first kappa shape index (κ1) is 25.0. The molecule has 1 aliphatic rings. The molecule has 9 heteroatoms. The molecule has 162 valence electrons. The van der Waals surface area contributed by atoms with Crippen LogP contribution in [0.15, 0.2) is 29.3 Å². The number of aliphatic imine (C=N–C) groups is 1. The number of piperidine rings is 1. The predicted octanol–water partition coefficient (Wildman–Crippen LogP) is 2.29. The molecule has 0 bridgehead atoms. The number of carbonyl (C=O) groups excluding carboxylic acids is 2. The minimum Gasteiger partial charge on any atom is -0.450 e. The van der Waals surface area contributed by atoms with Crippen LogP contribution >= 0.6 is 24.0 Å². The minimum absolute atomic E-state index is 0. The molecule has 0 spiro atoms. The minimum atomic E-state index is -0.236. The number of hydrogen-bond donors (Lipinski definition) is 2. The smallest absolute Gasteiger partial charge is 0.409 e. The van der Waals surface area contributed by atoms with E-state index < -0.39 is 0 Å². The molecule has 1 fully saturated rings. The molecule has 1 aliphatic heterocycles. The van der Waals surface area contributed by atoms with Crippen LogP contribution in [0.1, 0.15) is 35.7 Å². The normalized spacial score (nSPS) is 14.6. The third-order valence-electron chi connectivity index (χ3n) is 4.65. The monoisotopic (exact) mass is 517 g/mol. The zero-order chi connectivity index (χ0) is 20.5. The Morgan fingerprint density at radius 3 is 2.34 bits per heavy atom. The Hall–Kier alpha value is -2.04. The highest BCUT2D eigenvalue weighted by atomic mass is 127. The fraction of sp³-hybridized carbons (Fsp3) is 0.550. The second kappa shape index (κ2) is 12.5. The standard InChI is InChI=1S/C20H31N5O3.HI/c1-5-28-20(27)25-12-10-17(11-13-25)23-19(21-2)22-14-15-6-8-16(9-7-15)18(26)24(3)4;/h6-9,17H,5,10-14H2,1-4H3,(H2,21,22,23);1H. The molecule has 2 rings (SSSR count). The first-order valence-electron chi connectivity index (χ1n) is 9.64. The van der Waals surface area contributed by atoms with Crippen LogP contribution in [-0.2, 0) is 11.3 Å². The third kappa shape index (κ3) is 7.71. The molecule has 0 unspecified atom stereocenters. The van der Waals surface area contributed by atoms with Crippen molar-refractivity contribution in [1.29, 1.82) is 0 Å². The Morgan fingerprint density at radius 2 is 1.83 bits per heavy atom. The summed E-state index contributed by atoms with van der Waals surface area (Å²) in [4.78, 5) is 31.3. The van der Waals surface area contributed by atoms with Crippen molar-refractivity contribution in [1.82, 2.24) is 20.4 Å². The summed E-state index contributed by atoms with van der Waals surface area (Å²) in [5, 5.41) is 6.71. The molecule has 8 nitrogen and oxygen atoms in total. The second-order valence-corrected chi connectivity index (χ2v) is 6.93. The Morgan fingerprint density at radius 1 is 1.21 bits per heavy atom. The van der Waals surface area contributed by atoms with Crippen molar-refractivity contribution in [3.8, 4) is 0 Å². The van der Waals surface area contributed by atoms with E-state index in [0.717, 1.165) is 24.4 Å². The van der Waals surface area contributed by atoms with Crippen LogP contribution in [0, 0.1) is 0 Å². The average Bonchev–Trinajstić information content (AvgIpc) is 2.71. The summed E-state index contributed by atoms with van der Waals surface area (Å²) in [5.74, 6) is 0.717. The molecular weight excluding hydrogens is 485 g/mol. The van der Waals surface area contributed by atoms with E-state index in [-0.39, 0.29) is 42.0 Å². The summed E-state index contributed by atoms with van der Waals surface area (Å²) in [5.41, 5.74) is 1.74. The van der Waals surface area contributed by atoms with E-state index in [0.29, 0.717) is 31.8 Å². The molecule has 2 amide bonds. The molecule has 1 heterocycles. The SMILES string of the molecule is CCOC(=O)N1CCC(NC(=NC)NCc2ccc(C(=O)N(C)C)cc2)CC1.I. The van der Waals surface area contributed by atoms with E-state index in [4.69, 9.17) is 4.74 Å². The first-order chi connectivity index (χ1) is 13.4. The molecule has 2 N–H and O–H groups in total. The molecule has 0 radical (unpaired) electrons. The Bertz CT molecular complexity index is 686. The Kier molecular flexibility index (Phi) is 10.8. The Labute approximate surface area is 190 Å². The van der Waals surface area contributed by atoms with Gasteiger partial charge in [0.2, 0.25) is 0 Å². The van der Waals surface area contributed by atoms with Crippen LogP contribution in [-0.4, -0.2) is 74.6 Å². The van der Waals surface area contributed by atoms with Gasteiger partial charge in [-0.25, -0.2) is 4.79 Å². The summed E-state index contributed by atoms with van der Waals surface area (Å²) in [6.45, 7) is 4.18. The molecule has 1 aromatic carbocycles.